The van der Waals surface area contributed by atoms with Gasteiger partial charge in [0.05, 0.1) is 19.1 Å². The lowest BCUT2D eigenvalue weighted by Gasteiger charge is -2.27. The lowest BCUT2D eigenvalue weighted by atomic mass is 10.0. The molecule has 0 saturated carbocycles. The van der Waals surface area contributed by atoms with Crippen LogP contribution in [0.3, 0.4) is 0 Å². The van der Waals surface area contributed by atoms with Gasteiger partial charge in [0.25, 0.3) is 5.91 Å². The van der Waals surface area contributed by atoms with E-state index in [2.05, 4.69) is 5.32 Å². The van der Waals surface area contributed by atoms with Crippen molar-refractivity contribution in [3.05, 3.63) is 63.6 Å². The molecule has 1 amide bonds. The Hall–Kier alpha value is -2.24. The molecule has 1 aliphatic rings. The van der Waals surface area contributed by atoms with E-state index in [-0.39, 0.29) is 18.4 Å². The van der Waals surface area contributed by atoms with E-state index in [1.54, 1.807) is 25.1 Å². The predicted molar refractivity (Wildman–Crippen MR) is 103 cm³/mol. The van der Waals surface area contributed by atoms with E-state index in [0.717, 1.165) is 11.3 Å². The summed E-state index contributed by atoms with van der Waals surface area (Å²) in [5.41, 5.74) is 1.51. The third-order valence-electron chi connectivity index (χ3n) is 4.30. The quantitative estimate of drug-likeness (QED) is 0.757. The van der Waals surface area contributed by atoms with Crippen LogP contribution in [-0.4, -0.2) is 24.6 Å². The number of nitrogens with one attached hydrogen (secondary N) is 1. The Kier molecular flexibility index (Phi) is 6.24. The first-order valence-corrected chi connectivity index (χ1v) is 9.35. The molecule has 0 saturated heterocycles. The minimum atomic E-state index is -0.918. The van der Waals surface area contributed by atoms with E-state index in [4.69, 9.17) is 32.7 Å². The van der Waals surface area contributed by atoms with Crippen molar-refractivity contribution >= 4 is 35.1 Å². The maximum absolute atomic E-state index is 12.4. The number of carbonyl (C=O) groups is 2. The molecule has 3 rings (SSSR count). The summed E-state index contributed by atoms with van der Waals surface area (Å²) < 4.78 is 10.8. The van der Waals surface area contributed by atoms with Crippen molar-refractivity contribution in [3.63, 3.8) is 0 Å². The van der Waals surface area contributed by atoms with Crippen molar-refractivity contribution in [1.82, 2.24) is 5.32 Å². The van der Waals surface area contributed by atoms with Crippen LogP contribution in [0, 0.1) is 0 Å². The van der Waals surface area contributed by atoms with Crippen LogP contribution >= 0.6 is 23.2 Å². The molecular formula is C20H19Cl2NO4. The summed E-state index contributed by atoms with van der Waals surface area (Å²) in [5, 5.41) is 3.80. The monoisotopic (exact) mass is 407 g/mol. The number of carbonyl (C=O) groups excluding carboxylic acids is 2. The van der Waals surface area contributed by atoms with Crippen molar-refractivity contribution in [2.75, 3.05) is 6.61 Å². The molecule has 0 aromatic heterocycles. The molecule has 5 nitrogen and oxygen atoms in total. The Morgan fingerprint density at radius 1 is 1.26 bits per heavy atom. The summed E-state index contributed by atoms with van der Waals surface area (Å²) >= 11 is 11.9. The van der Waals surface area contributed by atoms with Gasteiger partial charge in [0.1, 0.15) is 5.75 Å². The third-order valence-corrected chi connectivity index (χ3v) is 4.89. The fourth-order valence-corrected chi connectivity index (χ4v) is 3.37. The van der Waals surface area contributed by atoms with Gasteiger partial charge < -0.3 is 14.8 Å². The number of para-hydroxylation sites is 1. The zero-order chi connectivity index (χ0) is 19.4. The lowest BCUT2D eigenvalue weighted by Crippen LogP contribution is -2.39. The van der Waals surface area contributed by atoms with Gasteiger partial charge in [0.2, 0.25) is 0 Å². The molecule has 2 atom stereocenters. The molecule has 27 heavy (non-hydrogen) atoms. The highest BCUT2D eigenvalue weighted by atomic mass is 35.5. The summed E-state index contributed by atoms with van der Waals surface area (Å²) in [6, 6.07) is 12.3. The van der Waals surface area contributed by atoms with Crippen LogP contribution < -0.4 is 10.1 Å². The van der Waals surface area contributed by atoms with Gasteiger partial charge in [-0.2, -0.15) is 0 Å². The summed E-state index contributed by atoms with van der Waals surface area (Å²) in [7, 11) is 0. The molecule has 0 fully saturated rings. The number of fused-ring (bicyclic) bond motifs is 1. The number of hydrogen-bond acceptors (Lipinski definition) is 4. The number of halogens is 2. The minimum absolute atomic E-state index is 0.0340. The average molecular weight is 408 g/mol. The van der Waals surface area contributed by atoms with Crippen molar-refractivity contribution in [1.29, 1.82) is 0 Å². The SMILES string of the molecule is CC(OC(=O)Cc1ccc(Cl)cc1Cl)C(=O)NC1CCOc2ccccc21. The maximum Gasteiger partial charge on any atom is 0.311 e. The molecule has 2 aromatic carbocycles. The Morgan fingerprint density at radius 3 is 2.81 bits per heavy atom. The topological polar surface area (TPSA) is 64.6 Å². The summed E-state index contributed by atoms with van der Waals surface area (Å²) in [5.74, 6) is -0.127. The predicted octanol–water partition coefficient (Wildman–Crippen LogP) is 4.11. The van der Waals surface area contributed by atoms with E-state index < -0.39 is 12.1 Å². The van der Waals surface area contributed by atoms with Gasteiger partial charge in [-0.25, -0.2) is 0 Å². The van der Waals surface area contributed by atoms with Crippen LogP contribution in [0.15, 0.2) is 42.5 Å². The van der Waals surface area contributed by atoms with Crippen LogP contribution in [0.25, 0.3) is 0 Å². The third kappa shape index (κ3) is 4.93. The summed E-state index contributed by atoms with van der Waals surface area (Å²) in [6.07, 6.45) is -0.295. The van der Waals surface area contributed by atoms with E-state index in [0.29, 0.717) is 28.6 Å². The highest BCUT2D eigenvalue weighted by molar-refractivity contribution is 6.35. The standard InChI is InChI=1S/C20H19Cl2NO4/c1-12(27-19(24)10-13-6-7-14(21)11-16(13)22)20(25)23-17-8-9-26-18-5-3-2-4-15(17)18/h2-7,11-12,17H,8-10H2,1H3,(H,23,25). The first kappa shape index (κ1) is 19.5. The molecule has 0 bridgehead atoms. The first-order valence-electron chi connectivity index (χ1n) is 8.59. The van der Waals surface area contributed by atoms with Crippen LogP contribution in [0.5, 0.6) is 5.75 Å². The van der Waals surface area contributed by atoms with Gasteiger partial charge in [0.15, 0.2) is 6.10 Å². The highest BCUT2D eigenvalue weighted by Crippen LogP contribution is 2.31. The molecule has 0 spiro atoms. The maximum atomic E-state index is 12.4. The number of hydrogen-bond donors (Lipinski definition) is 1. The van der Waals surface area contributed by atoms with Crippen molar-refractivity contribution in [2.45, 2.75) is 31.9 Å². The van der Waals surface area contributed by atoms with Gasteiger partial charge in [-0.1, -0.05) is 47.5 Å². The fraction of sp³-hybridized carbons (Fsp3) is 0.300. The molecular weight excluding hydrogens is 389 g/mol. The number of esters is 1. The first-order chi connectivity index (χ1) is 12.9. The van der Waals surface area contributed by atoms with Crippen molar-refractivity contribution in [2.24, 2.45) is 0 Å². The van der Waals surface area contributed by atoms with Gasteiger partial charge in [0, 0.05) is 22.0 Å². The Bertz CT molecular complexity index is 856. The van der Waals surface area contributed by atoms with Gasteiger partial charge in [-0.15, -0.1) is 0 Å². The fourth-order valence-electron chi connectivity index (χ4n) is 2.89. The van der Waals surface area contributed by atoms with E-state index in [1.807, 2.05) is 24.3 Å². The Balaban J connectivity index is 1.57. The second kappa shape index (κ2) is 8.63. The minimum Gasteiger partial charge on any atom is -0.493 e. The Morgan fingerprint density at radius 2 is 2.04 bits per heavy atom. The number of ether oxygens (including phenoxy) is 2. The number of benzene rings is 2. The van der Waals surface area contributed by atoms with Gasteiger partial charge in [-0.05, 0) is 30.7 Å². The van der Waals surface area contributed by atoms with Crippen LogP contribution in [0.2, 0.25) is 10.0 Å². The molecule has 142 valence electrons. The van der Waals surface area contributed by atoms with E-state index in [9.17, 15) is 9.59 Å². The summed E-state index contributed by atoms with van der Waals surface area (Å²) in [4.78, 5) is 24.6. The second-order valence-electron chi connectivity index (χ2n) is 6.28. The lowest BCUT2D eigenvalue weighted by molar-refractivity contribution is -0.154. The van der Waals surface area contributed by atoms with E-state index >= 15 is 0 Å². The van der Waals surface area contributed by atoms with Crippen LogP contribution in [-0.2, 0) is 20.7 Å². The molecule has 0 aliphatic carbocycles. The highest BCUT2D eigenvalue weighted by Gasteiger charge is 2.26. The van der Waals surface area contributed by atoms with E-state index in [1.165, 1.54) is 0 Å². The Labute approximate surface area is 167 Å². The largest absolute Gasteiger partial charge is 0.493 e. The van der Waals surface area contributed by atoms with Crippen LogP contribution in [0.4, 0.5) is 0 Å². The summed E-state index contributed by atoms with van der Waals surface area (Å²) in [6.45, 7) is 2.06. The molecule has 1 N–H and O–H groups in total. The average Bonchev–Trinajstić information content (AvgIpc) is 2.64. The van der Waals surface area contributed by atoms with Crippen molar-refractivity contribution in [3.8, 4) is 5.75 Å². The van der Waals surface area contributed by atoms with Gasteiger partial charge in [-0.3, -0.25) is 9.59 Å². The molecule has 0 radical (unpaired) electrons. The molecule has 1 aliphatic heterocycles. The zero-order valence-corrected chi connectivity index (χ0v) is 16.2. The van der Waals surface area contributed by atoms with Gasteiger partial charge >= 0.3 is 5.97 Å². The molecule has 2 aromatic rings. The van der Waals surface area contributed by atoms with Crippen molar-refractivity contribution < 1.29 is 19.1 Å². The molecule has 7 heteroatoms. The second-order valence-corrected chi connectivity index (χ2v) is 7.12. The molecule has 1 heterocycles. The smallest absolute Gasteiger partial charge is 0.311 e. The molecule has 2 unspecified atom stereocenters. The van der Waals surface area contributed by atoms with Crippen LogP contribution in [0.1, 0.15) is 30.5 Å². The number of amides is 1. The number of rotatable bonds is 5. The zero-order valence-electron chi connectivity index (χ0n) is 14.7. The normalized spacial score (nSPS) is 16.6.